The van der Waals surface area contributed by atoms with Crippen LogP contribution in [0.3, 0.4) is 0 Å². The Morgan fingerprint density at radius 1 is 1.33 bits per heavy atom. The Labute approximate surface area is 99.9 Å². The van der Waals surface area contributed by atoms with Crippen LogP contribution >= 0.6 is 0 Å². The highest BCUT2D eigenvalue weighted by molar-refractivity contribution is 5.42. The molecule has 2 aromatic rings. The standard InChI is InChI=1S/C11H10F3N3O/c12-11(13,14)7-2-4-17-9(5-7)16-8(1-3-15)6-10(17)18/h2,4-6H,1,3,15H2. The fraction of sp³-hybridized carbons (Fsp3) is 0.273. The van der Waals surface area contributed by atoms with E-state index in [0.29, 0.717) is 12.1 Å². The lowest BCUT2D eigenvalue weighted by atomic mass is 10.2. The lowest BCUT2D eigenvalue weighted by Crippen LogP contribution is -2.18. The summed E-state index contributed by atoms with van der Waals surface area (Å²) in [5.74, 6) is 0. The van der Waals surface area contributed by atoms with Crippen molar-refractivity contribution in [1.29, 1.82) is 0 Å². The molecule has 0 amide bonds. The van der Waals surface area contributed by atoms with Gasteiger partial charge in [0.1, 0.15) is 5.65 Å². The Morgan fingerprint density at radius 3 is 2.67 bits per heavy atom. The van der Waals surface area contributed by atoms with E-state index >= 15 is 0 Å². The molecule has 0 unspecified atom stereocenters. The van der Waals surface area contributed by atoms with Crippen molar-refractivity contribution in [3.8, 4) is 0 Å². The molecule has 0 saturated heterocycles. The molecule has 0 saturated carbocycles. The Hall–Kier alpha value is -1.89. The van der Waals surface area contributed by atoms with Crippen LogP contribution in [0, 0.1) is 0 Å². The molecule has 0 aliphatic rings. The summed E-state index contributed by atoms with van der Waals surface area (Å²) in [5, 5.41) is 0. The zero-order valence-electron chi connectivity index (χ0n) is 9.24. The van der Waals surface area contributed by atoms with Crippen molar-refractivity contribution >= 4 is 5.65 Å². The van der Waals surface area contributed by atoms with Gasteiger partial charge < -0.3 is 5.73 Å². The molecule has 0 aromatic carbocycles. The first-order chi connectivity index (χ1) is 8.41. The van der Waals surface area contributed by atoms with Crippen LogP contribution in [-0.2, 0) is 12.6 Å². The lowest BCUT2D eigenvalue weighted by molar-refractivity contribution is -0.137. The van der Waals surface area contributed by atoms with Crippen LogP contribution in [0.2, 0.25) is 0 Å². The van der Waals surface area contributed by atoms with E-state index in [4.69, 9.17) is 5.73 Å². The van der Waals surface area contributed by atoms with Crippen LogP contribution in [-0.4, -0.2) is 15.9 Å². The van der Waals surface area contributed by atoms with Crippen LogP contribution in [0.4, 0.5) is 13.2 Å². The summed E-state index contributed by atoms with van der Waals surface area (Å²) >= 11 is 0. The molecule has 4 nitrogen and oxygen atoms in total. The first-order valence-electron chi connectivity index (χ1n) is 5.21. The minimum absolute atomic E-state index is 0.0271. The molecular formula is C11H10F3N3O. The highest BCUT2D eigenvalue weighted by atomic mass is 19.4. The fourth-order valence-electron chi connectivity index (χ4n) is 1.60. The van der Waals surface area contributed by atoms with E-state index in [2.05, 4.69) is 4.98 Å². The van der Waals surface area contributed by atoms with Crippen molar-refractivity contribution in [2.75, 3.05) is 6.54 Å². The van der Waals surface area contributed by atoms with Gasteiger partial charge in [0.05, 0.1) is 5.56 Å². The lowest BCUT2D eigenvalue weighted by Gasteiger charge is -2.08. The number of hydrogen-bond donors (Lipinski definition) is 1. The zero-order chi connectivity index (χ0) is 13.3. The summed E-state index contributed by atoms with van der Waals surface area (Å²) in [6.45, 7) is 0.279. The maximum absolute atomic E-state index is 12.5. The van der Waals surface area contributed by atoms with Gasteiger partial charge in [-0.3, -0.25) is 9.20 Å². The minimum Gasteiger partial charge on any atom is -0.330 e. The number of nitrogens with zero attached hydrogens (tertiary/aromatic N) is 2. The average Bonchev–Trinajstić information content (AvgIpc) is 2.27. The average molecular weight is 257 g/mol. The van der Waals surface area contributed by atoms with E-state index in [9.17, 15) is 18.0 Å². The second-order valence-electron chi connectivity index (χ2n) is 3.77. The Morgan fingerprint density at radius 2 is 2.06 bits per heavy atom. The quantitative estimate of drug-likeness (QED) is 0.879. The summed E-state index contributed by atoms with van der Waals surface area (Å²) in [4.78, 5) is 15.6. The van der Waals surface area contributed by atoms with Gasteiger partial charge in [-0.05, 0) is 18.7 Å². The van der Waals surface area contributed by atoms with Crippen molar-refractivity contribution in [3.63, 3.8) is 0 Å². The SMILES string of the molecule is NCCc1cc(=O)n2ccc(C(F)(F)F)cc2n1. The molecule has 2 aromatic heterocycles. The predicted octanol–water partition coefficient (Wildman–Crippen LogP) is 1.21. The van der Waals surface area contributed by atoms with Crippen LogP contribution in [0.25, 0.3) is 5.65 Å². The normalized spacial score (nSPS) is 12.0. The summed E-state index contributed by atoms with van der Waals surface area (Å²) in [6, 6.07) is 2.97. The van der Waals surface area contributed by atoms with E-state index in [1.165, 1.54) is 6.07 Å². The maximum Gasteiger partial charge on any atom is 0.416 e. The number of pyridine rings is 1. The summed E-state index contributed by atoms with van der Waals surface area (Å²) < 4.78 is 38.7. The number of halogens is 3. The fourth-order valence-corrected chi connectivity index (χ4v) is 1.60. The van der Waals surface area contributed by atoms with Gasteiger partial charge in [-0.1, -0.05) is 0 Å². The Kier molecular flexibility index (Phi) is 3.08. The molecule has 0 aliphatic heterocycles. The molecule has 2 heterocycles. The van der Waals surface area contributed by atoms with Crippen molar-refractivity contribution in [1.82, 2.24) is 9.38 Å². The van der Waals surface area contributed by atoms with Crippen LogP contribution in [0.5, 0.6) is 0 Å². The number of aromatic nitrogens is 2. The van der Waals surface area contributed by atoms with Gasteiger partial charge in [0, 0.05) is 24.4 Å². The van der Waals surface area contributed by atoms with Gasteiger partial charge in [-0.15, -0.1) is 0 Å². The van der Waals surface area contributed by atoms with E-state index < -0.39 is 17.3 Å². The summed E-state index contributed by atoms with van der Waals surface area (Å²) in [6.07, 6.45) is -3.04. The third-order valence-electron chi connectivity index (χ3n) is 2.45. The zero-order valence-corrected chi connectivity index (χ0v) is 9.24. The van der Waals surface area contributed by atoms with Gasteiger partial charge in [0.2, 0.25) is 0 Å². The largest absolute Gasteiger partial charge is 0.416 e. The number of alkyl halides is 3. The smallest absolute Gasteiger partial charge is 0.330 e. The van der Waals surface area contributed by atoms with E-state index in [1.54, 1.807) is 0 Å². The van der Waals surface area contributed by atoms with Crippen LogP contribution in [0.15, 0.2) is 29.2 Å². The van der Waals surface area contributed by atoms with Crippen molar-refractivity contribution in [2.24, 2.45) is 5.73 Å². The van der Waals surface area contributed by atoms with E-state index in [1.807, 2.05) is 0 Å². The second kappa shape index (κ2) is 4.41. The molecule has 0 aliphatic carbocycles. The van der Waals surface area contributed by atoms with Gasteiger partial charge >= 0.3 is 6.18 Å². The highest BCUT2D eigenvalue weighted by Crippen LogP contribution is 2.29. The van der Waals surface area contributed by atoms with Crippen molar-refractivity contribution < 1.29 is 13.2 Å². The molecule has 0 spiro atoms. The molecule has 0 atom stereocenters. The third kappa shape index (κ3) is 2.35. The Bertz CT molecular complexity index is 633. The molecule has 18 heavy (non-hydrogen) atoms. The highest BCUT2D eigenvalue weighted by Gasteiger charge is 2.30. The molecule has 2 N–H and O–H groups in total. The second-order valence-corrected chi connectivity index (χ2v) is 3.77. The topological polar surface area (TPSA) is 60.4 Å². The van der Waals surface area contributed by atoms with Crippen LogP contribution < -0.4 is 11.3 Å². The monoisotopic (exact) mass is 257 g/mol. The molecular weight excluding hydrogens is 247 g/mol. The predicted molar refractivity (Wildman–Crippen MR) is 59.2 cm³/mol. The van der Waals surface area contributed by atoms with E-state index in [0.717, 1.165) is 22.7 Å². The number of nitrogens with two attached hydrogens (primary N) is 1. The number of fused-ring (bicyclic) bond motifs is 1. The van der Waals surface area contributed by atoms with Gasteiger partial charge in [-0.2, -0.15) is 13.2 Å². The number of hydrogen-bond acceptors (Lipinski definition) is 3. The van der Waals surface area contributed by atoms with Crippen molar-refractivity contribution in [3.05, 3.63) is 46.0 Å². The Balaban J connectivity index is 2.64. The first kappa shape index (κ1) is 12.6. The molecule has 0 bridgehead atoms. The summed E-state index contributed by atoms with van der Waals surface area (Å²) in [5.41, 5.74) is 4.44. The van der Waals surface area contributed by atoms with Gasteiger partial charge in [-0.25, -0.2) is 4.98 Å². The third-order valence-corrected chi connectivity index (χ3v) is 2.45. The summed E-state index contributed by atoms with van der Waals surface area (Å²) in [7, 11) is 0. The molecule has 0 radical (unpaired) electrons. The first-order valence-corrected chi connectivity index (χ1v) is 5.21. The number of rotatable bonds is 2. The molecule has 7 heteroatoms. The molecule has 96 valence electrons. The van der Waals surface area contributed by atoms with Gasteiger partial charge in [0.15, 0.2) is 0 Å². The minimum atomic E-state index is -4.46. The maximum atomic E-state index is 12.5. The molecule has 0 fully saturated rings. The van der Waals surface area contributed by atoms with Crippen molar-refractivity contribution in [2.45, 2.75) is 12.6 Å². The molecule has 2 rings (SSSR count). The van der Waals surface area contributed by atoms with Gasteiger partial charge in [0.25, 0.3) is 5.56 Å². The van der Waals surface area contributed by atoms with E-state index in [-0.39, 0.29) is 12.2 Å². The van der Waals surface area contributed by atoms with Crippen LogP contribution in [0.1, 0.15) is 11.3 Å².